The highest BCUT2D eigenvalue weighted by Crippen LogP contribution is 2.43. The van der Waals surface area contributed by atoms with Crippen LogP contribution in [-0.4, -0.2) is 10.1 Å². The minimum Gasteiger partial charge on any atom is -0.459 e. The Labute approximate surface area is 199 Å². The van der Waals surface area contributed by atoms with Crippen LogP contribution in [-0.2, 0) is 0 Å². The first-order valence-corrected chi connectivity index (χ1v) is 11.3. The van der Waals surface area contributed by atoms with Crippen molar-refractivity contribution in [1.82, 2.24) is 10.3 Å². The number of benzene rings is 2. The van der Waals surface area contributed by atoms with Crippen LogP contribution in [0.4, 0.5) is 5.69 Å². The number of furan rings is 1. The Morgan fingerprint density at radius 1 is 0.968 bits per heavy atom. The van der Waals surface area contributed by atoms with Crippen LogP contribution >= 0.6 is 39.7 Å². The van der Waals surface area contributed by atoms with Crippen molar-refractivity contribution < 1.29 is 4.42 Å². The molecule has 154 valence electrons. The van der Waals surface area contributed by atoms with Gasteiger partial charge in [-0.3, -0.25) is 4.98 Å². The predicted octanol–water partition coefficient (Wildman–Crippen LogP) is 6.93. The molecule has 2 aromatic heterocycles. The molecule has 5 rings (SSSR count). The van der Waals surface area contributed by atoms with E-state index < -0.39 is 0 Å². The number of hydrogen-bond acceptors (Lipinski definition) is 3. The highest BCUT2D eigenvalue weighted by atomic mass is 79.9. The number of halogens is 2. The van der Waals surface area contributed by atoms with E-state index in [0.29, 0.717) is 10.1 Å². The van der Waals surface area contributed by atoms with Gasteiger partial charge in [-0.25, -0.2) is 0 Å². The molecule has 4 aromatic rings. The van der Waals surface area contributed by atoms with Crippen molar-refractivity contribution >= 4 is 50.5 Å². The van der Waals surface area contributed by atoms with Gasteiger partial charge in [0.2, 0.25) is 0 Å². The van der Waals surface area contributed by atoms with Gasteiger partial charge in [0.1, 0.15) is 17.6 Å². The summed E-state index contributed by atoms with van der Waals surface area (Å²) in [5.41, 5.74) is 2.84. The third-order valence-corrected chi connectivity index (χ3v) is 6.35. The first-order valence-electron chi connectivity index (χ1n) is 9.72. The maximum Gasteiger partial charge on any atom is 0.174 e. The summed E-state index contributed by atoms with van der Waals surface area (Å²) in [6.45, 7) is 0. The van der Waals surface area contributed by atoms with Crippen molar-refractivity contribution in [3.8, 4) is 11.3 Å². The monoisotopic (exact) mass is 509 g/mol. The molecule has 0 radical (unpaired) electrons. The first kappa shape index (κ1) is 20.2. The fourth-order valence-electron chi connectivity index (χ4n) is 3.80. The van der Waals surface area contributed by atoms with Crippen molar-refractivity contribution in [3.05, 3.63) is 106 Å². The minimum atomic E-state index is -0.201. The summed E-state index contributed by atoms with van der Waals surface area (Å²) in [4.78, 5) is 6.64. The zero-order chi connectivity index (χ0) is 21.4. The van der Waals surface area contributed by atoms with Crippen LogP contribution in [0.15, 0.2) is 93.9 Å². The van der Waals surface area contributed by atoms with Gasteiger partial charge in [0, 0.05) is 26.9 Å². The van der Waals surface area contributed by atoms with Crippen LogP contribution < -0.4 is 10.2 Å². The van der Waals surface area contributed by atoms with Crippen LogP contribution in [0.1, 0.15) is 23.5 Å². The fourth-order valence-corrected chi connectivity index (χ4v) is 4.54. The number of rotatable bonds is 4. The molecule has 1 N–H and O–H groups in total. The number of nitrogens with zero attached hydrogens (tertiary/aromatic N) is 2. The largest absolute Gasteiger partial charge is 0.459 e. The predicted molar refractivity (Wildman–Crippen MR) is 131 cm³/mol. The van der Waals surface area contributed by atoms with Crippen molar-refractivity contribution in [1.29, 1.82) is 0 Å². The van der Waals surface area contributed by atoms with E-state index >= 15 is 0 Å². The zero-order valence-corrected chi connectivity index (χ0v) is 19.4. The van der Waals surface area contributed by atoms with Crippen LogP contribution in [0.3, 0.4) is 0 Å². The molecular formula is C24H17BrClN3OS. The van der Waals surface area contributed by atoms with Gasteiger partial charge in [-0.05, 0) is 72.9 Å². The molecule has 0 unspecified atom stereocenters. The fraction of sp³-hybridized carbons (Fsp3) is 0.0833. The average Bonchev–Trinajstić information content (AvgIpc) is 3.40. The lowest BCUT2D eigenvalue weighted by Crippen LogP contribution is -2.29. The molecule has 7 heteroatoms. The SMILES string of the molecule is S=C1N[C@@H](c2ccccn2)[C@@H](c2ccc(-c3ccc(Br)cc3)o2)N1c1ccc(Cl)cc1. The Bertz CT molecular complexity index is 1210. The average molecular weight is 511 g/mol. The molecule has 0 bridgehead atoms. The number of nitrogens with one attached hydrogen (secondary N) is 1. The molecule has 0 aliphatic carbocycles. The number of anilines is 1. The Balaban J connectivity index is 1.59. The molecular weight excluding hydrogens is 494 g/mol. The second-order valence-electron chi connectivity index (χ2n) is 7.18. The summed E-state index contributed by atoms with van der Waals surface area (Å²) in [7, 11) is 0. The Kier molecular flexibility index (Phi) is 5.52. The maximum absolute atomic E-state index is 6.36. The molecule has 2 atom stereocenters. The Hall–Kier alpha value is -2.67. The van der Waals surface area contributed by atoms with Gasteiger partial charge in [-0.2, -0.15) is 0 Å². The summed E-state index contributed by atoms with van der Waals surface area (Å²) in [6, 6.07) is 25.2. The number of pyridine rings is 1. The summed E-state index contributed by atoms with van der Waals surface area (Å²) in [6.07, 6.45) is 1.79. The van der Waals surface area contributed by atoms with Gasteiger partial charge in [0.05, 0.1) is 11.7 Å². The van der Waals surface area contributed by atoms with Crippen LogP contribution in [0.2, 0.25) is 5.02 Å². The van der Waals surface area contributed by atoms with Crippen LogP contribution in [0, 0.1) is 0 Å². The number of aromatic nitrogens is 1. The Morgan fingerprint density at radius 3 is 2.45 bits per heavy atom. The Morgan fingerprint density at radius 2 is 1.74 bits per heavy atom. The molecule has 0 amide bonds. The zero-order valence-electron chi connectivity index (χ0n) is 16.2. The van der Waals surface area contributed by atoms with E-state index in [1.807, 2.05) is 78.9 Å². The highest BCUT2D eigenvalue weighted by molar-refractivity contribution is 9.10. The quantitative estimate of drug-likeness (QED) is 0.301. The van der Waals surface area contributed by atoms with Gasteiger partial charge in [0.15, 0.2) is 5.11 Å². The van der Waals surface area contributed by atoms with Crippen molar-refractivity contribution in [2.24, 2.45) is 0 Å². The maximum atomic E-state index is 6.36. The van der Waals surface area contributed by atoms with Crippen LogP contribution in [0.25, 0.3) is 11.3 Å². The lowest BCUT2D eigenvalue weighted by atomic mass is 10.0. The van der Waals surface area contributed by atoms with Crippen molar-refractivity contribution in [2.75, 3.05) is 4.90 Å². The van der Waals surface area contributed by atoms with Gasteiger partial charge in [-0.15, -0.1) is 0 Å². The van der Waals surface area contributed by atoms with E-state index in [1.165, 1.54) is 0 Å². The van der Waals surface area contributed by atoms with Crippen LogP contribution in [0.5, 0.6) is 0 Å². The minimum absolute atomic E-state index is 0.159. The normalized spacial score (nSPS) is 18.3. The lowest BCUT2D eigenvalue weighted by molar-refractivity contribution is 0.439. The number of thiocarbonyl (C=S) groups is 1. The van der Waals surface area contributed by atoms with E-state index in [1.54, 1.807) is 6.20 Å². The molecule has 31 heavy (non-hydrogen) atoms. The summed E-state index contributed by atoms with van der Waals surface area (Å²) < 4.78 is 7.38. The van der Waals surface area contributed by atoms with Gasteiger partial charge in [-0.1, -0.05) is 45.7 Å². The summed E-state index contributed by atoms with van der Waals surface area (Å²) in [5.74, 6) is 1.60. The van der Waals surface area contributed by atoms with Crippen molar-refractivity contribution in [3.63, 3.8) is 0 Å². The molecule has 1 aliphatic rings. The molecule has 0 spiro atoms. The second kappa shape index (κ2) is 8.46. The summed E-state index contributed by atoms with van der Waals surface area (Å²) >= 11 is 15.3. The molecule has 3 heterocycles. The molecule has 1 saturated heterocycles. The molecule has 0 saturated carbocycles. The van der Waals surface area contributed by atoms with E-state index in [-0.39, 0.29) is 12.1 Å². The lowest BCUT2D eigenvalue weighted by Gasteiger charge is -2.26. The molecule has 1 aliphatic heterocycles. The molecule has 2 aromatic carbocycles. The van der Waals surface area contributed by atoms with Crippen molar-refractivity contribution in [2.45, 2.75) is 12.1 Å². The van der Waals surface area contributed by atoms with E-state index in [2.05, 4.69) is 31.1 Å². The molecule has 1 fully saturated rings. The summed E-state index contributed by atoms with van der Waals surface area (Å²) in [5, 5.41) is 4.73. The smallest absolute Gasteiger partial charge is 0.174 e. The third-order valence-electron chi connectivity index (χ3n) is 5.25. The van der Waals surface area contributed by atoms with E-state index in [4.69, 9.17) is 28.2 Å². The third kappa shape index (κ3) is 3.99. The standard InChI is InChI=1S/C24H17BrClN3OS/c25-16-6-4-15(5-7-16)20-12-13-21(30-20)23-22(19-3-1-2-14-27-19)28-24(31)29(23)18-10-8-17(26)9-11-18/h1-14,22-23H,(H,28,31)/t22-,23+/m0/s1. The van der Waals surface area contributed by atoms with Gasteiger partial charge < -0.3 is 14.6 Å². The van der Waals surface area contributed by atoms with Gasteiger partial charge >= 0.3 is 0 Å². The van der Waals surface area contributed by atoms with E-state index in [0.717, 1.165) is 32.9 Å². The number of hydrogen-bond donors (Lipinski definition) is 1. The highest BCUT2D eigenvalue weighted by Gasteiger charge is 2.42. The topological polar surface area (TPSA) is 41.3 Å². The first-order chi connectivity index (χ1) is 15.1. The molecule has 4 nitrogen and oxygen atoms in total. The second-order valence-corrected chi connectivity index (χ2v) is 8.92. The van der Waals surface area contributed by atoms with Gasteiger partial charge in [0.25, 0.3) is 0 Å². The van der Waals surface area contributed by atoms with E-state index in [9.17, 15) is 0 Å².